The predicted octanol–water partition coefficient (Wildman–Crippen LogP) is 0.543. The predicted molar refractivity (Wildman–Crippen MR) is 81.8 cm³/mol. The Labute approximate surface area is 128 Å². The van der Waals surface area contributed by atoms with E-state index in [4.69, 9.17) is 4.42 Å². The summed E-state index contributed by atoms with van der Waals surface area (Å²) in [5.74, 6) is 0.678. The number of carbonyl (C=O) groups excluding carboxylic acids is 1. The zero-order chi connectivity index (χ0) is 15.5. The lowest BCUT2D eigenvalue weighted by atomic mass is 10.2. The summed E-state index contributed by atoms with van der Waals surface area (Å²) in [6.45, 7) is 0.489. The number of pyridine rings is 1. The number of nitrogens with one attached hydrogen (secondary N) is 2. The summed E-state index contributed by atoms with van der Waals surface area (Å²) in [5.41, 5.74) is 1.17. The fourth-order valence-electron chi connectivity index (χ4n) is 2.41. The Hall–Kier alpha value is -2.60. The van der Waals surface area contributed by atoms with Crippen LogP contribution in [0.15, 0.2) is 53.4 Å². The van der Waals surface area contributed by atoms with Crippen LogP contribution in [-0.4, -0.2) is 35.9 Å². The fraction of sp³-hybridized carbons (Fsp3) is 0.250. The first-order valence-corrected chi connectivity index (χ1v) is 7.20. The van der Waals surface area contributed by atoms with Crippen molar-refractivity contribution >= 4 is 11.6 Å². The van der Waals surface area contributed by atoms with Crippen molar-refractivity contribution in [3.63, 3.8) is 0 Å². The van der Waals surface area contributed by atoms with Gasteiger partial charge in [-0.1, -0.05) is 6.07 Å². The van der Waals surface area contributed by atoms with E-state index in [0.29, 0.717) is 12.2 Å². The number of hydrogen-bond donors (Lipinski definition) is 2. The van der Waals surface area contributed by atoms with E-state index in [9.17, 15) is 4.79 Å². The van der Waals surface area contributed by atoms with Crippen LogP contribution in [0.25, 0.3) is 5.65 Å². The van der Waals surface area contributed by atoms with Crippen molar-refractivity contribution in [3.8, 4) is 0 Å². The Balaban J connectivity index is 1.71. The lowest BCUT2D eigenvalue weighted by molar-refractivity contribution is -0.891. The molecule has 6 heteroatoms. The van der Waals surface area contributed by atoms with Crippen molar-refractivity contribution in [2.45, 2.75) is 6.04 Å². The van der Waals surface area contributed by atoms with Crippen molar-refractivity contribution in [2.24, 2.45) is 0 Å². The van der Waals surface area contributed by atoms with Crippen LogP contribution in [0.2, 0.25) is 0 Å². The van der Waals surface area contributed by atoms with E-state index in [1.54, 1.807) is 12.5 Å². The lowest BCUT2D eigenvalue weighted by Gasteiger charge is -2.19. The first-order valence-electron chi connectivity index (χ1n) is 7.20. The van der Waals surface area contributed by atoms with E-state index in [0.717, 1.165) is 11.4 Å². The summed E-state index contributed by atoms with van der Waals surface area (Å²) < 4.78 is 7.28. The number of carbonyl (C=O) groups is 1. The average molecular weight is 299 g/mol. The lowest BCUT2D eigenvalue weighted by Crippen LogP contribution is -3.07. The minimum absolute atomic E-state index is 0.0657. The number of rotatable bonds is 5. The molecule has 0 radical (unpaired) electrons. The molecule has 114 valence electrons. The average Bonchev–Trinajstić information content (AvgIpc) is 3.16. The Bertz CT molecular complexity index is 728. The second kappa shape index (κ2) is 6.03. The van der Waals surface area contributed by atoms with Crippen LogP contribution in [0.4, 0.5) is 0 Å². The maximum absolute atomic E-state index is 12.3. The Kier molecular flexibility index (Phi) is 3.93. The molecule has 3 heterocycles. The van der Waals surface area contributed by atoms with Crippen LogP contribution in [0, 0.1) is 0 Å². The Morgan fingerprint density at radius 3 is 2.91 bits per heavy atom. The molecule has 1 atom stereocenters. The van der Waals surface area contributed by atoms with Gasteiger partial charge in [0.05, 0.1) is 26.9 Å². The molecule has 3 aromatic heterocycles. The highest BCUT2D eigenvalue weighted by Crippen LogP contribution is 2.09. The molecule has 0 unspecified atom stereocenters. The van der Waals surface area contributed by atoms with Crippen LogP contribution in [0.3, 0.4) is 0 Å². The van der Waals surface area contributed by atoms with Gasteiger partial charge in [0.1, 0.15) is 11.3 Å². The molecule has 6 nitrogen and oxygen atoms in total. The summed E-state index contributed by atoms with van der Waals surface area (Å²) in [5, 5.41) is 2.93. The first-order chi connectivity index (χ1) is 10.6. The number of amides is 1. The van der Waals surface area contributed by atoms with Crippen LogP contribution < -0.4 is 10.2 Å². The molecule has 0 aliphatic rings. The van der Waals surface area contributed by atoms with Crippen molar-refractivity contribution in [1.82, 2.24) is 14.7 Å². The highest BCUT2D eigenvalue weighted by molar-refractivity contribution is 5.92. The summed E-state index contributed by atoms with van der Waals surface area (Å²) in [7, 11) is 4.06. The van der Waals surface area contributed by atoms with Gasteiger partial charge in [-0.3, -0.25) is 4.79 Å². The Morgan fingerprint density at radius 1 is 1.36 bits per heavy atom. The molecule has 2 N–H and O–H groups in total. The number of likely N-dealkylation sites (N-methyl/N-ethyl adjacent to an activating group) is 1. The molecule has 3 rings (SSSR count). The number of fused-ring (bicyclic) bond motifs is 1. The number of aromatic nitrogens is 2. The van der Waals surface area contributed by atoms with Gasteiger partial charge >= 0.3 is 0 Å². The van der Waals surface area contributed by atoms with Gasteiger partial charge in [0.15, 0.2) is 11.8 Å². The van der Waals surface area contributed by atoms with Crippen molar-refractivity contribution < 1.29 is 14.1 Å². The smallest absolute Gasteiger partial charge is 0.271 e. The summed E-state index contributed by atoms with van der Waals surface area (Å²) in [6, 6.07) is 9.51. The van der Waals surface area contributed by atoms with E-state index < -0.39 is 0 Å². The third-order valence-electron chi connectivity index (χ3n) is 3.65. The summed E-state index contributed by atoms with van der Waals surface area (Å²) in [6.07, 6.45) is 5.25. The van der Waals surface area contributed by atoms with Gasteiger partial charge in [-0.15, -0.1) is 0 Å². The molecule has 0 saturated heterocycles. The Morgan fingerprint density at radius 2 is 2.23 bits per heavy atom. The number of imidazole rings is 1. The number of hydrogen-bond acceptors (Lipinski definition) is 3. The van der Waals surface area contributed by atoms with Gasteiger partial charge in [0.25, 0.3) is 5.91 Å². The summed E-state index contributed by atoms with van der Waals surface area (Å²) in [4.78, 5) is 17.8. The van der Waals surface area contributed by atoms with Crippen molar-refractivity contribution in [2.75, 3.05) is 20.6 Å². The molecule has 0 saturated carbocycles. The number of furan rings is 1. The highest BCUT2D eigenvalue weighted by atomic mass is 16.3. The van der Waals surface area contributed by atoms with Crippen LogP contribution in [0.1, 0.15) is 22.3 Å². The zero-order valence-electron chi connectivity index (χ0n) is 12.6. The fourth-order valence-corrected chi connectivity index (χ4v) is 2.41. The summed E-state index contributed by atoms with van der Waals surface area (Å²) >= 11 is 0. The van der Waals surface area contributed by atoms with Gasteiger partial charge in [-0.05, 0) is 24.3 Å². The van der Waals surface area contributed by atoms with E-state index in [-0.39, 0.29) is 11.9 Å². The maximum Gasteiger partial charge on any atom is 0.271 e. The third-order valence-corrected chi connectivity index (χ3v) is 3.65. The van der Waals surface area contributed by atoms with Gasteiger partial charge in [0.2, 0.25) is 0 Å². The molecule has 0 bridgehead atoms. The topological polar surface area (TPSA) is 64.0 Å². The van der Waals surface area contributed by atoms with Crippen molar-refractivity contribution in [3.05, 3.63) is 60.4 Å². The van der Waals surface area contributed by atoms with E-state index >= 15 is 0 Å². The SMILES string of the molecule is C[NH+](C)[C@H](CNC(=O)c1cn2ccccc2n1)c1ccco1. The molecule has 0 aliphatic carbocycles. The first kappa shape index (κ1) is 14.3. The molecule has 0 fully saturated rings. The third kappa shape index (κ3) is 2.87. The molecular weight excluding hydrogens is 280 g/mol. The number of nitrogens with zero attached hydrogens (tertiary/aromatic N) is 2. The molecule has 0 spiro atoms. The second-order valence-corrected chi connectivity index (χ2v) is 5.45. The monoisotopic (exact) mass is 299 g/mol. The number of quaternary nitrogens is 1. The van der Waals surface area contributed by atoms with Gasteiger partial charge in [-0.25, -0.2) is 4.98 Å². The molecule has 3 aromatic rings. The largest absolute Gasteiger partial charge is 0.463 e. The van der Waals surface area contributed by atoms with E-state index in [1.165, 1.54) is 4.90 Å². The minimum Gasteiger partial charge on any atom is -0.463 e. The van der Waals surface area contributed by atoms with E-state index in [1.807, 2.05) is 55.0 Å². The quantitative estimate of drug-likeness (QED) is 0.723. The molecule has 0 aliphatic heterocycles. The molecular formula is C16H19N4O2+. The van der Waals surface area contributed by atoms with Crippen LogP contribution in [-0.2, 0) is 0 Å². The molecule has 22 heavy (non-hydrogen) atoms. The van der Waals surface area contributed by atoms with Crippen molar-refractivity contribution in [1.29, 1.82) is 0 Å². The zero-order valence-corrected chi connectivity index (χ0v) is 12.6. The van der Waals surface area contributed by atoms with Gasteiger partial charge in [-0.2, -0.15) is 0 Å². The molecule has 1 amide bonds. The normalized spacial score (nSPS) is 12.7. The molecule has 0 aromatic carbocycles. The van der Waals surface area contributed by atoms with Gasteiger partial charge < -0.3 is 19.0 Å². The minimum atomic E-state index is -0.179. The highest BCUT2D eigenvalue weighted by Gasteiger charge is 2.22. The van der Waals surface area contributed by atoms with E-state index in [2.05, 4.69) is 10.3 Å². The standard InChI is InChI=1S/C16H18N4O2/c1-19(2)13(14-6-5-9-22-14)10-17-16(21)12-11-20-8-4-3-7-15(20)18-12/h3-9,11,13H,10H2,1-2H3,(H,17,21)/p+1/t13-/m1/s1. The second-order valence-electron chi connectivity index (χ2n) is 5.45. The van der Waals surface area contributed by atoms with Gasteiger partial charge in [0, 0.05) is 12.4 Å². The van der Waals surface area contributed by atoms with Crippen LogP contribution >= 0.6 is 0 Å². The van der Waals surface area contributed by atoms with Crippen LogP contribution in [0.5, 0.6) is 0 Å². The maximum atomic E-state index is 12.3.